The van der Waals surface area contributed by atoms with Crippen molar-refractivity contribution in [1.82, 2.24) is 15.3 Å². The van der Waals surface area contributed by atoms with Crippen LogP contribution in [0.15, 0.2) is 34.7 Å². The Morgan fingerprint density at radius 3 is 2.60 bits per heavy atom. The minimum absolute atomic E-state index is 0. The summed E-state index contributed by atoms with van der Waals surface area (Å²) in [5.41, 5.74) is 4.65. The van der Waals surface area contributed by atoms with Crippen LogP contribution in [0.3, 0.4) is 0 Å². The van der Waals surface area contributed by atoms with Gasteiger partial charge in [0, 0.05) is 36.6 Å². The number of nitrogens with one attached hydrogen (secondary N) is 2. The number of rotatable bonds is 8. The molecule has 1 saturated heterocycles. The average Bonchev–Trinajstić information content (AvgIpc) is 3.40. The van der Waals surface area contributed by atoms with Crippen molar-refractivity contribution in [3.63, 3.8) is 0 Å². The number of anilines is 3. The van der Waals surface area contributed by atoms with Crippen LogP contribution >= 0.6 is 24.8 Å². The fraction of sp³-hybridized carbons (Fsp3) is 0.423. The Hall–Kier alpha value is -2.79. The summed E-state index contributed by atoms with van der Waals surface area (Å²) in [6.07, 6.45) is 2.97. The van der Waals surface area contributed by atoms with Gasteiger partial charge < -0.3 is 20.0 Å². The van der Waals surface area contributed by atoms with Crippen molar-refractivity contribution in [3.05, 3.63) is 64.2 Å². The standard InChI is InChI=1S/C26H32N6O.2ClH/c1-5-6-21-13-25(31-26(29-21)30-22-8-7-17(2)20(12-22)14-27)32-10-9-23(16-32)28-15-24-11-18(3)19(4)33-24;;/h7-8,11-13,23,28H,5-6,9-10,15-16H2,1-4H3,(H,29,30,31);2*1H. The molecular weight excluding hydrogens is 483 g/mol. The van der Waals surface area contributed by atoms with Gasteiger partial charge in [-0.2, -0.15) is 10.2 Å². The maximum absolute atomic E-state index is 9.34. The predicted molar refractivity (Wildman–Crippen MR) is 145 cm³/mol. The Labute approximate surface area is 220 Å². The van der Waals surface area contributed by atoms with Crippen LogP contribution < -0.4 is 15.5 Å². The molecule has 4 rings (SSSR count). The van der Waals surface area contributed by atoms with Crippen LogP contribution in [-0.2, 0) is 13.0 Å². The van der Waals surface area contributed by atoms with E-state index in [1.165, 1.54) is 5.56 Å². The Bertz CT molecular complexity index is 1150. The molecule has 0 amide bonds. The highest BCUT2D eigenvalue weighted by Gasteiger charge is 2.24. The first-order valence-electron chi connectivity index (χ1n) is 11.6. The summed E-state index contributed by atoms with van der Waals surface area (Å²) < 4.78 is 5.80. The number of benzene rings is 1. The zero-order chi connectivity index (χ0) is 23.4. The van der Waals surface area contributed by atoms with Crippen molar-refractivity contribution in [1.29, 1.82) is 5.26 Å². The van der Waals surface area contributed by atoms with Gasteiger partial charge in [-0.15, -0.1) is 24.8 Å². The number of hydrogen-bond donors (Lipinski definition) is 2. The molecule has 1 aromatic carbocycles. The summed E-state index contributed by atoms with van der Waals surface area (Å²) in [4.78, 5) is 11.8. The van der Waals surface area contributed by atoms with E-state index in [1.54, 1.807) is 0 Å². The molecular formula is C26H34Cl2N6O. The fourth-order valence-corrected chi connectivity index (χ4v) is 4.15. The summed E-state index contributed by atoms with van der Waals surface area (Å²) in [6, 6.07) is 12.6. The van der Waals surface area contributed by atoms with E-state index in [0.29, 0.717) is 17.6 Å². The lowest BCUT2D eigenvalue weighted by Crippen LogP contribution is -2.32. The normalized spacial score (nSPS) is 14.7. The zero-order valence-electron chi connectivity index (χ0n) is 20.7. The Balaban J connectivity index is 0.00000216. The molecule has 0 saturated carbocycles. The fourth-order valence-electron chi connectivity index (χ4n) is 4.15. The molecule has 0 bridgehead atoms. The molecule has 2 N–H and O–H groups in total. The van der Waals surface area contributed by atoms with Gasteiger partial charge in [-0.05, 0) is 62.9 Å². The van der Waals surface area contributed by atoms with E-state index in [9.17, 15) is 5.26 Å². The highest BCUT2D eigenvalue weighted by molar-refractivity contribution is 5.85. The minimum atomic E-state index is 0. The van der Waals surface area contributed by atoms with Gasteiger partial charge in [-0.3, -0.25) is 0 Å². The molecule has 1 fully saturated rings. The third-order valence-electron chi connectivity index (χ3n) is 6.18. The van der Waals surface area contributed by atoms with Gasteiger partial charge in [-0.1, -0.05) is 19.4 Å². The lowest BCUT2D eigenvalue weighted by atomic mass is 10.1. The SMILES string of the molecule is CCCc1cc(N2CCC(NCc3cc(C)c(C)o3)C2)nc(Nc2ccc(C)c(C#N)c2)n1.Cl.Cl. The minimum Gasteiger partial charge on any atom is -0.465 e. The zero-order valence-corrected chi connectivity index (χ0v) is 22.4. The molecule has 0 aliphatic carbocycles. The first-order valence-corrected chi connectivity index (χ1v) is 11.6. The number of nitriles is 1. The molecule has 0 spiro atoms. The topological polar surface area (TPSA) is 90.0 Å². The van der Waals surface area contributed by atoms with Gasteiger partial charge in [0.2, 0.25) is 5.95 Å². The number of aryl methyl sites for hydroxylation is 4. The summed E-state index contributed by atoms with van der Waals surface area (Å²) >= 11 is 0. The van der Waals surface area contributed by atoms with Crippen LogP contribution in [0, 0.1) is 32.1 Å². The second-order valence-electron chi connectivity index (χ2n) is 8.82. The Kier molecular flexibility index (Phi) is 10.4. The number of aromatic nitrogens is 2. The summed E-state index contributed by atoms with van der Waals surface area (Å²) in [6.45, 7) is 10.7. The van der Waals surface area contributed by atoms with Crippen LogP contribution in [0.5, 0.6) is 0 Å². The molecule has 2 aromatic heterocycles. The first kappa shape index (κ1) is 28.4. The number of nitrogens with zero attached hydrogens (tertiary/aromatic N) is 4. The third kappa shape index (κ3) is 7.11. The van der Waals surface area contributed by atoms with Crippen molar-refractivity contribution in [3.8, 4) is 6.07 Å². The Morgan fingerprint density at radius 1 is 1.11 bits per heavy atom. The lowest BCUT2D eigenvalue weighted by molar-refractivity contribution is 0.439. The van der Waals surface area contributed by atoms with E-state index in [2.05, 4.69) is 47.6 Å². The molecule has 1 atom stereocenters. The monoisotopic (exact) mass is 516 g/mol. The van der Waals surface area contributed by atoms with E-state index in [0.717, 1.165) is 73.2 Å². The van der Waals surface area contributed by atoms with Crippen LogP contribution in [0.2, 0.25) is 0 Å². The van der Waals surface area contributed by atoms with Crippen molar-refractivity contribution >= 4 is 42.3 Å². The van der Waals surface area contributed by atoms with Crippen LogP contribution in [-0.4, -0.2) is 29.1 Å². The van der Waals surface area contributed by atoms with Crippen LogP contribution in [0.25, 0.3) is 0 Å². The molecule has 1 unspecified atom stereocenters. The molecule has 35 heavy (non-hydrogen) atoms. The summed E-state index contributed by atoms with van der Waals surface area (Å²) in [5.74, 6) is 3.48. The molecule has 9 heteroatoms. The van der Waals surface area contributed by atoms with Gasteiger partial charge in [0.05, 0.1) is 18.2 Å². The second-order valence-corrected chi connectivity index (χ2v) is 8.82. The first-order chi connectivity index (χ1) is 15.9. The lowest BCUT2D eigenvalue weighted by Gasteiger charge is -2.20. The van der Waals surface area contributed by atoms with Crippen molar-refractivity contribution < 1.29 is 4.42 Å². The van der Waals surface area contributed by atoms with Gasteiger partial charge in [0.1, 0.15) is 17.3 Å². The summed E-state index contributed by atoms with van der Waals surface area (Å²) in [7, 11) is 0. The van der Waals surface area contributed by atoms with E-state index < -0.39 is 0 Å². The smallest absolute Gasteiger partial charge is 0.229 e. The largest absolute Gasteiger partial charge is 0.465 e. The van der Waals surface area contributed by atoms with E-state index in [1.807, 2.05) is 32.0 Å². The quantitative estimate of drug-likeness (QED) is 0.392. The number of hydrogen-bond acceptors (Lipinski definition) is 7. The number of furan rings is 1. The molecule has 7 nitrogen and oxygen atoms in total. The van der Waals surface area contributed by atoms with Crippen molar-refractivity contribution in [2.24, 2.45) is 0 Å². The Morgan fingerprint density at radius 2 is 1.91 bits per heavy atom. The van der Waals surface area contributed by atoms with E-state index in [-0.39, 0.29) is 24.8 Å². The maximum atomic E-state index is 9.34. The molecule has 1 aliphatic heterocycles. The molecule has 0 radical (unpaired) electrons. The predicted octanol–water partition coefficient (Wildman–Crippen LogP) is 5.77. The number of halogens is 2. The summed E-state index contributed by atoms with van der Waals surface area (Å²) in [5, 5.41) is 16.3. The van der Waals surface area contributed by atoms with Crippen molar-refractivity contribution in [2.45, 2.75) is 59.5 Å². The maximum Gasteiger partial charge on any atom is 0.229 e. The van der Waals surface area contributed by atoms with Crippen LogP contribution in [0.4, 0.5) is 17.5 Å². The highest BCUT2D eigenvalue weighted by Crippen LogP contribution is 2.24. The molecule has 3 aromatic rings. The van der Waals surface area contributed by atoms with Crippen molar-refractivity contribution in [2.75, 3.05) is 23.3 Å². The average molecular weight is 518 g/mol. The highest BCUT2D eigenvalue weighted by atomic mass is 35.5. The molecule has 1 aliphatic rings. The molecule has 3 heterocycles. The second kappa shape index (κ2) is 12.8. The van der Waals surface area contributed by atoms with Gasteiger partial charge >= 0.3 is 0 Å². The third-order valence-corrected chi connectivity index (χ3v) is 6.18. The molecule has 188 valence electrons. The van der Waals surface area contributed by atoms with E-state index >= 15 is 0 Å². The van der Waals surface area contributed by atoms with E-state index in [4.69, 9.17) is 14.4 Å². The van der Waals surface area contributed by atoms with Gasteiger partial charge in [-0.25, -0.2) is 4.98 Å². The van der Waals surface area contributed by atoms with Crippen LogP contribution in [0.1, 0.15) is 53.7 Å². The van der Waals surface area contributed by atoms with Gasteiger partial charge in [0.15, 0.2) is 0 Å². The van der Waals surface area contributed by atoms with Gasteiger partial charge in [0.25, 0.3) is 0 Å².